The van der Waals surface area contributed by atoms with Crippen molar-refractivity contribution < 1.29 is 9.47 Å². The van der Waals surface area contributed by atoms with Crippen molar-refractivity contribution in [2.45, 2.75) is 31.9 Å². The molecule has 2 unspecified atom stereocenters. The lowest BCUT2D eigenvalue weighted by Crippen LogP contribution is -2.52. The third-order valence-electron chi connectivity index (χ3n) is 5.80. The van der Waals surface area contributed by atoms with Gasteiger partial charge in [0.2, 0.25) is 0 Å². The minimum atomic E-state index is -0.146. The number of likely N-dealkylation sites (tertiary alicyclic amines) is 1. The van der Waals surface area contributed by atoms with Gasteiger partial charge in [-0.2, -0.15) is 0 Å². The van der Waals surface area contributed by atoms with Crippen molar-refractivity contribution in [2.75, 3.05) is 60.1 Å². The summed E-state index contributed by atoms with van der Waals surface area (Å²) >= 11 is 6.14. The maximum Gasteiger partial charge on any atom is 0.193 e. The van der Waals surface area contributed by atoms with Gasteiger partial charge in [0.1, 0.15) is 0 Å². The molecule has 0 aliphatic carbocycles. The third-order valence-corrected chi connectivity index (χ3v) is 6.06. The van der Waals surface area contributed by atoms with E-state index in [-0.39, 0.29) is 11.6 Å². The minimum absolute atomic E-state index is 0.146. The number of halogens is 1. The number of morpholine rings is 1. The van der Waals surface area contributed by atoms with Crippen LogP contribution >= 0.6 is 11.6 Å². The molecule has 7 heteroatoms. The number of methoxy groups -OCH3 is 1. The van der Waals surface area contributed by atoms with Crippen LogP contribution in [0.1, 0.15) is 31.9 Å². The molecule has 2 fully saturated rings. The Morgan fingerprint density at radius 3 is 2.76 bits per heavy atom. The number of ether oxygens (including phenoxy) is 2. The van der Waals surface area contributed by atoms with Crippen molar-refractivity contribution in [3.8, 4) is 0 Å². The summed E-state index contributed by atoms with van der Waals surface area (Å²) in [4.78, 5) is 9.39. The minimum Gasteiger partial charge on any atom is -0.384 e. The summed E-state index contributed by atoms with van der Waals surface area (Å²) in [6.07, 6.45) is 1.15. The van der Waals surface area contributed by atoms with E-state index in [0.717, 1.165) is 63.3 Å². The van der Waals surface area contributed by atoms with Crippen molar-refractivity contribution in [1.82, 2.24) is 15.1 Å². The zero-order valence-corrected chi connectivity index (χ0v) is 18.9. The van der Waals surface area contributed by atoms with E-state index >= 15 is 0 Å². The van der Waals surface area contributed by atoms with Crippen LogP contribution in [-0.2, 0) is 9.47 Å². The molecule has 2 saturated heterocycles. The van der Waals surface area contributed by atoms with Crippen LogP contribution in [0.15, 0.2) is 29.3 Å². The van der Waals surface area contributed by atoms with Gasteiger partial charge in [-0.3, -0.25) is 9.89 Å². The molecule has 2 atom stereocenters. The van der Waals surface area contributed by atoms with Crippen molar-refractivity contribution in [2.24, 2.45) is 10.9 Å². The molecule has 0 radical (unpaired) electrons. The molecular formula is C22H35ClN4O2. The highest BCUT2D eigenvalue weighted by molar-refractivity contribution is 6.30. The highest BCUT2D eigenvalue weighted by Crippen LogP contribution is 2.27. The summed E-state index contributed by atoms with van der Waals surface area (Å²) in [6.45, 7) is 10.5. The molecule has 3 rings (SSSR count). The highest BCUT2D eigenvalue weighted by atomic mass is 35.5. The Labute approximate surface area is 180 Å². The lowest BCUT2D eigenvalue weighted by molar-refractivity contribution is -0.0971. The first-order chi connectivity index (χ1) is 13.9. The Balaban J connectivity index is 1.70. The SMILES string of the molecule is CN=C(NCC(c1ccc(Cl)cc1)N1CCOC(C)(C)C1)N1CCC(COC)C1. The maximum atomic E-state index is 6.14. The Morgan fingerprint density at radius 2 is 2.10 bits per heavy atom. The zero-order chi connectivity index (χ0) is 20.9. The van der Waals surface area contributed by atoms with Crippen LogP contribution in [0.5, 0.6) is 0 Å². The molecule has 0 bridgehead atoms. The molecule has 1 aromatic carbocycles. The summed E-state index contributed by atoms with van der Waals surface area (Å²) < 4.78 is 11.3. The molecule has 162 valence electrons. The van der Waals surface area contributed by atoms with Gasteiger partial charge in [0.05, 0.1) is 24.9 Å². The van der Waals surface area contributed by atoms with E-state index in [1.807, 2.05) is 19.2 Å². The zero-order valence-electron chi connectivity index (χ0n) is 18.2. The number of hydrogen-bond donors (Lipinski definition) is 1. The van der Waals surface area contributed by atoms with Crippen molar-refractivity contribution in [1.29, 1.82) is 0 Å². The Morgan fingerprint density at radius 1 is 1.34 bits per heavy atom. The number of guanidine groups is 1. The van der Waals surface area contributed by atoms with Crippen molar-refractivity contribution in [3.05, 3.63) is 34.9 Å². The first kappa shape index (κ1) is 22.3. The van der Waals surface area contributed by atoms with Gasteiger partial charge in [0, 0.05) is 57.8 Å². The van der Waals surface area contributed by atoms with Crippen molar-refractivity contribution in [3.63, 3.8) is 0 Å². The second-order valence-electron chi connectivity index (χ2n) is 8.63. The van der Waals surface area contributed by atoms with E-state index in [1.54, 1.807) is 7.11 Å². The molecule has 0 spiro atoms. The second kappa shape index (κ2) is 10.1. The molecule has 2 aliphatic rings. The highest BCUT2D eigenvalue weighted by Gasteiger charge is 2.32. The number of aliphatic imine (C=N–C) groups is 1. The molecule has 2 heterocycles. The van der Waals surface area contributed by atoms with E-state index in [0.29, 0.717) is 5.92 Å². The van der Waals surface area contributed by atoms with Gasteiger partial charge in [-0.1, -0.05) is 23.7 Å². The number of nitrogens with one attached hydrogen (secondary N) is 1. The Kier molecular flexibility index (Phi) is 7.79. The van der Waals surface area contributed by atoms with Gasteiger partial charge in [-0.05, 0) is 38.0 Å². The van der Waals surface area contributed by atoms with Crippen LogP contribution in [-0.4, -0.2) is 81.5 Å². The predicted molar refractivity (Wildman–Crippen MR) is 119 cm³/mol. The number of benzene rings is 1. The molecule has 1 aromatic rings. The smallest absolute Gasteiger partial charge is 0.193 e. The van der Waals surface area contributed by atoms with Gasteiger partial charge in [-0.25, -0.2) is 0 Å². The van der Waals surface area contributed by atoms with Crippen LogP contribution < -0.4 is 5.32 Å². The fourth-order valence-corrected chi connectivity index (χ4v) is 4.50. The largest absolute Gasteiger partial charge is 0.384 e. The van der Waals surface area contributed by atoms with E-state index in [9.17, 15) is 0 Å². The van der Waals surface area contributed by atoms with Gasteiger partial charge >= 0.3 is 0 Å². The molecule has 0 saturated carbocycles. The monoisotopic (exact) mass is 422 g/mol. The maximum absolute atomic E-state index is 6.14. The number of hydrogen-bond acceptors (Lipinski definition) is 4. The molecule has 0 aromatic heterocycles. The fourth-order valence-electron chi connectivity index (χ4n) is 4.38. The molecule has 0 amide bonds. The fraction of sp³-hybridized carbons (Fsp3) is 0.682. The van der Waals surface area contributed by atoms with Crippen LogP contribution in [0, 0.1) is 5.92 Å². The molecule has 29 heavy (non-hydrogen) atoms. The number of nitrogens with zero attached hydrogens (tertiary/aromatic N) is 3. The first-order valence-electron chi connectivity index (χ1n) is 10.5. The van der Waals surface area contributed by atoms with Crippen LogP contribution in [0.2, 0.25) is 5.02 Å². The quantitative estimate of drug-likeness (QED) is 0.564. The van der Waals surface area contributed by atoms with Crippen LogP contribution in [0.25, 0.3) is 0 Å². The Hall–Kier alpha value is -1.34. The predicted octanol–water partition coefficient (Wildman–Crippen LogP) is 3.04. The summed E-state index contributed by atoms with van der Waals surface area (Å²) in [6, 6.07) is 8.43. The molecular weight excluding hydrogens is 388 g/mol. The Bertz CT molecular complexity index is 680. The van der Waals surface area contributed by atoms with E-state index in [1.165, 1.54) is 5.56 Å². The molecule has 6 nitrogen and oxygen atoms in total. The number of rotatable bonds is 6. The van der Waals surface area contributed by atoms with Crippen LogP contribution in [0.3, 0.4) is 0 Å². The van der Waals surface area contributed by atoms with E-state index in [4.69, 9.17) is 21.1 Å². The van der Waals surface area contributed by atoms with Crippen molar-refractivity contribution >= 4 is 17.6 Å². The molecule has 2 aliphatic heterocycles. The lowest BCUT2D eigenvalue weighted by Gasteiger charge is -2.42. The normalized spacial score (nSPS) is 24.0. The lowest BCUT2D eigenvalue weighted by atomic mass is 10.0. The van der Waals surface area contributed by atoms with E-state index < -0.39 is 0 Å². The standard InChI is InChI=1S/C22H35ClN4O2/c1-22(2)16-27(11-12-29-22)20(18-5-7-19(23)8-6-18)13-25-21(24-3)26-10-9-17(14-26)15-28-4/h5-8,17,20H,9-16H2,1-4H3,(H,24,25). The summed E-state index contributed by atoms with van der Waals surface area (Å²) in [5.74, 6) is 1.54. The second-order valence-corrected chi connectivity index (χ2v) is 9.07. The summed E-state index contributed by atoms with van der Waals surface area (Å²) in [5.41, 5.74) is 1.11. The van der Waals surface area contributed by atoms with Gasteiger partial charge in [-0.15, -0.1) is 0 Å². The van der Waals surface area contributed by atoms with Gasteiger partial charge < -0.3 is 19.7 Å². The first-order valence-corrected chi connectivity index (χ1v) is 10.9. The average Bonchev–Trinajstić information content (AvgIpc) is 3.14. The molecule has 1 N–H and O–H groups in total. The summed E-state index contributed by atoms with van der Waals surface area (Å²) in [5, 5.41) is 4.40. The van der Waals surface area contributed by atoms with Gasteiger partial charge in [0.25, 0.3) is 0 Å². The topological polar surface area (TPSA) is 49.3 Å². The third kappa shape index (κ3) is 6.07. The summed E-state index contributed by atoms with van der Waals surface area (Å²) in [7, 11) is 3.64. The van der Waals surface area contributed by atoms with Gasteiger partial charge in [0.15, 0.2) is 5.96 Å². The van der Waals surface area contributed by atoms with E-state index in [2.05, 4.69) is 46.1 Å². The average molecular weight is 423 g/mol. The van der Waals surface area contributed by atoms with Crippen LogP contribution in [0.4, 0.5) is 0 Å².